The Morgan fingerprint density at radius 3 is 1.18 bits per heavy atom. The van der Waals surface area contributed by atoms with Crippen LogP contribution in [0.15, 0.2) is 0 Å². The fraction of sp³-hybridized carbons (Fsp3) is 1.00. The first-order chi connectivity index (χ1) is 16.4. The molecule has 7 heteroatoms. The van der Waals surface area contributed by atoms with E-state index in [4.69, 9.17) is 22.1 Å². The molecule has 0 radical (unpaired) electrons. The summed E-state index contributed by atoms with van der Waals surface area (Å²) in [4.78, 5) is 0. The third-order valence-corrected chi connectivity index (χ3v) is 18.8. The summed E-state index contributed by atoms with van der Waals surface area (Å²) in [5, 5.41) is 0. The highest BCUT2D eigenvalue weighted by Crippen LogP contribution is 2.37. The van der Waals surface area contributed by atoms with Crippen molar-refractivity contribution in [2.75, 3.05) is 33.0 Å². The number of hydrogen-bond donors (Lipinski definition) is 0. The Bertz CT molecular complexity index is 415. The van der Waals surface area contributed by atoms with E-state index < -0.39 is 16.4 Å². The largest absolute Gasteiger partial charge is 0.539 e. The van der Waals surface area contributed by atoms with Crippen LogP contribution in [0.1, 0.15) is 113 Å². The third-order valence-electron chi connectivity index (χ3n) is 8.15. The molecule has 0 bridgehead atoms. The maximum absolute atomic E-state index is 6.97. The molecule has 0 amide bonds. The minimum absolute atomic E-state index is 0.511. The van der Waals surface area contributed by atoms with E-state index >= 15 is 0 Å². The molecular weight excluding hydrogens is 460 g/mol. The van der Waals surface area contributed by atoms with Crippen LogP contribution in [0, 0.1) is 23.7 Å². The van der Waals surface area contributed by atoms with Gasteiger partial charge in [-0.25, -0.2) is 0 Å². The molecule has 1 saturated heterocycles. The zero-order valence-corrected chi connectivity index (χ0v) is 26.0. The summed E-state index contributed by atoms with van der Waals surface area (Å²) in [5.74, 6) is 2.09. The Balaban J connectivity index is 3.36. The van der Waals surface area contributed by atoms with Gasteiger partial charge in [-0.05, 0) is 36.1 Å². The van der Waals surface area contributed by atoms with E-state index in [0.717, 1.165) is 77.0 Å². The smallest absolute Gasteiger partial charge is 0.391 e. The maximum Gasteiger partial charge on any atom is 0.539 e. The first-order valence-corrected chi connectivity index (χ1v) is 19.4. The van der Waals surface area contributed by atoms with Crippen molar-refractivity contribution < 1.29 is 22.1 Å². The molecule has 1 aliphatic rings. The van der Waals surface area contributed by atoms with E-state index in [-0.39, 0.29) is 0 Å². The van der Waals surface area contributed by atoms with E-state index in [1.807, 2.05) is 0 Å². The topological polar surface area (TPSA) is 46.2 Å². The minimum Gasteiger partial charge on any atom is -0.391 e. The Hall–Kier alpha value is 0.234. The second kappa shape index (κ2) is 17.6. The van der Waals surface area contributed by atoms with Crippen molar-refractivity contribution in [3.63, 3.8) is 0 Å². The van der Waals surface area contributed by atoms with Crippen LogP contribution in [0.4, 0.5) is 0 Å². The molecule has 204 valence electrons. The van der Waals surface area contributed by atoms with Gasteiger partial charge in [-0.15, -0.1) is 0 Å². The SMILES string of the molecule is CCC(CC)CO[Si]1(OCC(CC)CC)CCCO[Si]1(OCC(CC)CC)OCC(CC)CC. The van der Waals surface area contributed by atoms with Crippen molar-refractivity contribution in [2.45, 2.75) is 119 Å². The van der Waals surface area contributed by atoms with Crippen molar-refractivity contribution in [1.29, 1.82) is 0 Å². The van der Waals surface area contributed by atoms with Gasteiger partial charge in [0.25, 0.3) is 0 Å². The van der Waals surface area contributed by atoms with E-state index in [9.17, 15) is 0 Å². The van der Waals surface area contributed by atoms with Crippen LogP contribution in [0.3, 0.4) is 0 Å². The van der Waals surface area contributed by atoms with Crippen molar-refractivity contribution in [2.24, 2.45) is 23.7 Å². The lowest BCUT2D eigenvalue weighted by Gasteiger charge is -2.46. The molecule has 0 atom stereocenters. The highest BCUT2D eigenvalue weighted by Gasteiger charge is 2.70. The Morgan fingerprint density at radius 2 is 0.853 bits per heavy atom. The lowest BCUT2D eigenvalue weighted by Crippen LogP contribution is -2.74. The van der Waals surface area contributed by atoms with Crippen LogP contribution >= 0.6 is 0 Å². The summed E-state index contributed by atoms with van der Waals surface area (Å²) >= 11 is 0. The molecule has 0 unspecified atom stereocenters. The summed E-state index contributed by atoms with van der Waals surface area (Å²) < 4.78 is 34.4. The molecule has 0 aromatic carbocycles. The summed E-state index contributed by atoms with van der Waals surface area (Å²) in [5.41, 5.74) is 0. The van der Waals surface area contributed by atoms with Crippen molar-refractivity contribution in [3.8, 4) is 0 Å². The first-order valence-electron chi connectivity index (χ1n) is 14.6. The quantitative estimate of drug-likeness (QED) is 0.155. The van der Waals surface area contributed by atoms with Gasteiger partial charge in [-0.2, -0.15) is 0 Å². The number of hydrogen-bond acceptors (Lipinski definition) is 5. The summed E-state index contributed by atoms with van der Waals surface area (Å²) in [6.07, 6.45) is 9.85. The van der Waals surface area contributed by atoms with Gasteiger partial charge in [-0.3, -0.25) is 0 Å². The first kappa shape index (κ1) is 32.3. The maximum atomic E-state index is 6.97. The van der Waals surface area contributed by atoms with E-state index in [1.165, 1.54) is 0 Å². The average molecular weight is 519 g/mol. The monoisotopic (exact) mass is 518 g/mol. The Labute approximate surface area is 214 Å². The molecule has 1 rings (SSSR count). The predicted molar refractivity (Wildman–Crippen MR) is 147 cm³/mol. The highest BCUT2D eigenvalue weighted by atomic mass is 29.3. The predicted octanol–water partition coefficient (Wildman–Crippen LogP) is 7.68. The second-order valence-electron chi connectivity index (χ2n) is 10.2. The molecule has 1 aliphatic heterocycles. The molecule has 0 aromatic heterocycles. The summed E-state index contributed by atoms with van der Waals surface area (Å²) in [7, 11) is -6.01. The molecule has 0 aliphatic carbocycles. The Kier molecular flexibility index (Phi) is 16.7. The van der Waals surface area contributed by atoms with Crippen LogP contribution in [0.5, 0.6) is 0 Å². The molecule has 1 fully saturated rings. The van der Waals surface area contributed by atoms with Gasteiger partial charge in [0, 0.05) is 33.0 Å². The summed E-state index contributed by atoms with van der Waals surface area (Å²) in [6.45, 7) is 21.5. The zero-order valence-electron chi connectivity index (χ0n) is 24.0. The Morgan fingerprint density at radius 1 is 0.529 bits per heavy atom. The molecule has 5 nitrogen and oxygen atoms in total. The standard InChI is InChI=1S/C27H58O5Si2/c1-9-24(10-2)20-29-33(30-21-25(11-3)12-4)19-17-18-28-34(33,31-22-26(13-5)14-6)32-23-27(15-7)16-8/h24-27H,9-23H2,1-8H3. The second-order valence-corrected chi connectivity index (χ2v) is 18.9. The van der Waals surface area contributed by atoms with Crippen LogP contribution in [-0.4, -0.2) is 49.4 Å². The molecular formula is C27H58O5Si2. The van der Waals surface area contributed by atoms with E-state index in [0.29, 0.717) is 43.5 Å². The van der Waals surface area contributed by atoms with Crippen LogP contribution in [0.2, 0.25) is 6.04 Å². The van der Waals surface area contributed by atoms with Gasteiger partial charge in [-0.1, -0.05) is 107 Å². The average Bonchev–Trinajstić information content (AvgIpc) is 2.87. The fourth-order valence-electron chi connectivity index (χ4n) is 4.54. The molecule has 0 N–H and O–H groups in total. The normalized spacial score (nSPS) is 18.0. The van der Waals surface area contributed by atoms with E-state index in [1.54, 1.807) is 0 Å². The van der Waals surface area contributed by atoms with Gasteiger partial charge in [0.2, 0.25) is 0 Å². The van der Waals surface area contributed by atoms with Gasteiger partial charge >= 0.3 is 16.4 Å². The third kappa shape index (κ3) is 9.27. The molecule has 34 heavy (non-hydrogen) atoms. The molecule has 0 saturated carbocycles. The molecule has 0 aromatic rings. The minimum atomic E-state index is -3.14. The lowest BCUT2D eigenvalue weighted by atomic mass is 10.1. The van der Waals surface area contributed by atoms with Gasteiger partial charge in [0.1, 0.15) is 0 Å². The van der Waals surface area contributed by atoms with Crippen molar-refractivity contribution >= 4 is 16.4 Å². The fourth-order valence-corrected chi connectivity index (χ4v) is 15.2. The lowest BCUT2D eigenvalue weighted by molar-refractivity contribution is 0.0179. The van der Waals surface area contributed by atoms with E-state index in [2.05, 4.69) is 55.4 Å². The van der Waals surface area contributed by atoms with Crippen LogP contribution in [-0.2, 0) is 22.1 Å². The van der Waals surface area contributed by atoms with Crippen molar-refractivity contribution in [3.05, 3.63) is 0 Å². The van der Waals surface area contributed by atoms with Gasteiger partial charge < -0.3 is 22.1 Å². The zero-order chi connectivity index (χ0) is 25.5. The highest BCUT2D eigenvalue weighted by molar-refractivity contribution is 7.29. The van der Waals surface area contributed by atoms with Gasteiger partial charge in [0.15, 0.2) is 0 Å². The van der Waals surface area contributed by atoms with Crippen LogP contribution in [0.25, 0.3) is 0 Å². The number of rotatable bonds is 20. The van der Waals surface area contributed by atoms with Crippen LogP contribution < -0.4 is 0 Å². The molecule has 1 heterocycles. The summed E-state index contributed by atoms with van der Waals surface area (Å²) in [6, 6.07) is 0.922. The van der Waals surface area contributed by atoms with Crippen molar-refractivity contribution in [1.82, 2.24) is 0 Å². The molecule has 0 spiro atoms. The van der Waals surface area contributed by atoms with Gasteiger partial charge in [0.05, 0.1) is 0 Å².